The van der Waals surface area contributed by atoms with Crippen LogP contribution >= 0.6 is 23.2 Å². The summed E-state index contributed by atoms with van der Waals surface area (Å²) in [6.45, 7) is 17.7. The number of halogens is 2. The fourth-order valence-electron chi connectivity index (χ4n) is 7.44. The van der Waals surface area contributed by atoms with Crippen molar-refractivity contribution in [3.8, 4) is 11.1 Å². The van der Waals surface area contributed by atoms with Crippen LogP contribution in [0.1, 0.15) is 73.3 Å². The fraction of sp³-hybridized carbons (Fsp3) is 0.559. The van der Waals surface area contributed by atoms with Gasteiger partial charge >= 0.3 is 0 Å². The van der Waals surface area contributed by atoms with E-state index in [4.69, 9.17) is 43.1 Å². The number of hydrogen-bond acceptors (Lipinski definition) is 8. The highest BCUT2D eigenvalue weighted by Crippen LogP contribution is 2.44. The molecule has 2 amide bonds. The van der Waals surface area contributed by atoms with E-state index < -0.39 is 14.2 Å². The molecule has 1 aromatic heterocycles. The largest absolute Gasteiger partial charge is 0.413 e. The second kappa shape index (κ2) is 15.7. The first kappa shape index (κ1) is 37.2. The van der Waals surface area contributed by atoms with Crippen LogP contribution in [0.25, 0.3) is 22.1 Å². The normalized spacial score (nSPS) is 18.0. The number of carbonyl (C=O) groups is 2. The number of amides is 2. The zero-order chi connectivity index (χ0) is 34.6. The Kier molecular flexibility index (Phi) is 12.4. The van der Waals surface area contributed by atoms with Gasteiger partial charge in [-0.3, -0.25) is 19.8 Å². The molecule has 2 aliphatic heterocycles. The number of nitrogens with zero attached hydrogens (tertiary/aromatic N) is 3. The zero-order valence-electron chi connectivity index (χ0n) is 28.5. The Morgan fingerprint density at radius 2 is 1.60 bits per heavy atom. The lowest BCUT2D eigenvalue weighted by Crippen LogP contribution is -2.54. The second-order valence-corrected chi connectivity index (χ2v) is 19.8. The Balaban J connectivity index is 0.000000930. The van der Waals surface area contributed by atoms with Crippen LogP contribution in [-0.2, 0) is 20.4 Å². The average Bonchev–Trinajstić information content (AvgIpc) is 3.58. The summed E-state index contributed by atoms with van der Waals surface area (Å²) in [4.78, 5) is 23.0. The molecule has 4 N–H and O–H groups in total. The van der Waals surface area contributed by atoms with Gasteiger partial charge in [-0.1, -0.05) is 76.0 Å². The Morgan fingerprint density at radius 3 is 2.13 bits per heavy atom. The molecule has 2 aliphatic rings. The number of hydrogen-bond donors (Lipinski definition) is 3. The van der Waals surface area contributed by atoms with Gasteiger partial charge in [0.2, 0.25) is 20.1 Å². The number of aromatic nitrogens is 1. The summed E-state index contributed by atoms with van der Waals surface area (Å²) in [6.07, 6.45) is 3.50. The molecule has 3 heterocycles. The van der Waals surface area contributed by atoms with Gasteiger partial charge in [-0.05, 0) is 83.3 Å². The van der Waals surface area contributed by atoms with Gasteiger partial charge in [0.05, 0.1) is 5.39 Å². The zero-order valence-corrected chi connectivity index (χ0v) is 31.0. The van der Waals surface area contributed by atoms with Crippen molar-refractivity contribution in [1.82, 2.24) is 20.7 Å². The molecule has 0 saturated carbocycles. The van der Waals surface area contributed by atoms with Crippen molar-refractivity contribution in [2.24, 2.45) is 5.92 Å². The highest BCUT2D eigenvalue weighted by atomic mass is 35.5. The number of anilines is 1. The summed E-state index contributed by atoms with van der Waals surface area (Å²) in [7, 11) is -1.92. The van der Waals surface area contributed by atoms with Crippen LogP contribution in [0.3, 0.4) is 0 Å². The molecule has 0 aliphatic carbocycles. The SMILES string of the molecule is CC(=O)NO.CC(C)[Si](OC1CCN(N2CC[C@@H](Cc3c(Cl)cc(-c4ccc5c(N)noc5c4)cc3Cl)C2=O)CC1)(C(C)C)C(C)C. The summed E-state index contributed by atoms with van der Waals surface area (Å²) in [5.41, 5.74) is 12.1. The Labute approximate surface area is 288 Å². The summed E-state index contributed by atoms with van der Waals surface area (Å²) >= 11 is 13.5. The standard InChI is InChI=1S/C32H44Cl2N4O3Si.C2H5NO2/c1-19(2)42(20(3)4,21(5)6)41-25-10-12-37(13-11-25)38-14-9-23(32(38)39)15-27-28(33)16-24(17-29(27)34)22-7-8-26-30(18-22)40-36-31(26)35;1-2(4)3-5/h7-8,16-21,23,25H,9-15H2,1-6H3,(H2,35,36);5H,1H3,(H,3,4)/t23-;/m0./s1. The number of hydroxylamine groups is 1. The van der Waals surface area contributed by atoms with Crippen LogP contribution in [0.15, 0.2) is 34.9 Å². The summed E-state index contributed by atoms with van der Waals surface area (Å²) in [5, 5.41) is 17.5. The van der Waals surface area contributed by atoms with Gasteiger partial charge < -0.3 is 14.7 Å². The Bertz CT molecular complexity index is 1510. The highest BCUT2D eigenvalue weighted by Gasteiger charge is 2.47. The number of piperidine rings is 1. The monoisotopic (exact) mass is 705 g/mol. The first-order valence-corrected chi connectivity index (χ1v) is 19.4. The molecule has 2 fully saturated rings. The highest BCUT2D eigenvalue weighted by molar-refractivity contribution is 6.77. The quantitative estimate of drug-likeness (QED) is 0.116. The van der Waals surface area contributed by atoms with E-state index in [1.165, 1.54) is 12.4 Å². The average molecular weight is 707 g/mol. The maximum atomic E-state index is 13.6. The van der Waals surface area contributed by atoms with Crippen LogP contribution in [0.2, 0.25) is 26.7 Å². The molecule has 5 rings (SSSR count). The number of nitrogens with two attached hydrogens (primary N) is 1. The number of carbonyl (C=O) groups excluding carboxylic acids is 2. The number of hydrazine groups is 1. The lowest BCUT2D eigenvalue weighted by Gasteiger charge is -2.47. The van der Waals surface area contributed by atoms with Crippen LogP contribution in [0.5, 0.6) is 0 Å². The lowest BCUT2D eigenvalue weighted by atomic mass is 9.95. The van der Waals surface area contributed by atoms with E-state index in [1.54, 1.807) is 0 Å². The fourth-order valence-corrected chi connectivity index (χ4v) is 13.7. The molecule has 13 heteroatoms. The van der Waals surface area contributed by atoms with E-state index in [-0.39, 0.29) is 17.9 Å². The van der Waals surface area contributed by atoms with Gasteiger partial charge in [0, 0.05) is 48.6 Å². The molecule has 2 aromatic carbocycles. The van der Waals surface area contributed by atoms with Crippen molar-refractivity contribution < 1.29 is 23.7 Å². The van der Waals surface area contributed by atoms with E-state index in [1.807, 2.05) is 35.3 Å². The van der Waals surface area contributed by atoms with E-state index in [2.05, 4.69) is 51.7 Å². The van der Waals surface area contributed by atoms with Crippen molar-refractivity contribution in [1.29, 1.82) is 0 Å². The maximum absolute atomic E-state index is 13.6. The van der Waals surface area contributed by atoms with Gasteiger partial charge in [0.1, 0.15) is 0 Å². The van der Waals surface area contributed by atoms with Gasteiger partial charge in [-0.2, -0.15) is 0 Å². The van der Waals surface area contributed by atoms with Crippen molar-refractivity contribution >= 4 is 60.1 Å². The molecule has 10 nitrogen and oxygen atoms in total. The van der Waals surface area contributed by atoms with Crippen LogP contribution in [0.4, 0.5) is 5.82 Å². The molecule has 258 valence electrons. The molecular formula is C34H49Cl2N5O5Si. The molecule has 0 radical (unpaired) electrons. The lowest BCUT2D eigenvalue weighted by molar-refractivity contribution is -0.149. The predicted octanol–water partition coefficient (Wildman–Crippen LogP) is 7.86. The minimum atomic E-state index is -1.92. The Morgan fingerprint density at radius 1 is 1.02 bits per heavy atom. The van der Waals surface area contributed by atoms with Gasteiger partial charge in [0.15, 0.2) is 11.4 Å². The van der Waals surface area contributed by atoms with E-state index in [9.17, 15) is 9.59 Å². The van der Waals surface area contributed by atoms with Crippen molar-refractivity contribution in [2.45, 2.75) is 96.9 Å². The number of fused-ring (bicyclic) bond motifs is 1. The van der Waals surface area contributed by atoms with Crippen LogP contribution in [0, 0.1) is 5.92 Å². The second-order valence-electron chi connectivity index (χ2n) is 13.6. The molecule has 0 unspecified atom stereocenters. The van der Waals surface area contributed by atoms with Crippen molar-refractivity contribution in [3.05, 3.63) is 45.9 Å². The molecule has 0 bridgehead atoms. The molecule has 47 heavy (non-hydrogen) atoms. The number of rotatable bonds is 9. The van der Waals surface area contributed by atoms with Gasteiger partial charge in [0.25, 0.3) is 0 Å². The van der Waals surface area contributed by atoms with E-state index >= 15 is 0 Å². The minimum absolute atomic E-state index is 0.142. The third kappa shape index (κ3) is 8.14. The topological polar surface area (TPSA) is 134 Å². The summed E-state index contributed by atoms with van der Waals surface area (Å²) in [6, 6.07) is 9.51. The van der Waals surface area contributed by atoms with Gasteiger partial charge in [-0.25, -0.2) is 10.5 Å². The summed E-state index contributed by atoms with van der Waals surface area (Å²) in [5.74, 6) is -0.0570. The number of benzene rings is 2. The van der Waals surface area contributed by atoms with Crippen molar-refractivity contribution in [3.63, 3.8) is 0 Å². The number of nitrogens with one attached hydrogen (secondary N) is 1. The van der Waals surface area contributed by atoms with Crippen LogP contribution < -0.4 is 11.2 Å². The molecular weight excluding hydrogens is 657 g/mol. The summed E-state index contributed by atoms with van der Waals surface area (Å²) < 4.78 is 12.4. The van der Waals surface area contributed by atoms with Crippen molar-refractivity contribution in [2.75, 3.05) is 25.4 Å². The predicted molar refractivity (Wildman–Crippen MR) is 190 cm³/mol. The van der Waals surface area contributed by atoms with E-state index in [0.29, 0.717) is 44.5 Å². The third-order valence-corrected chi connectivity index (χ3v) is 16.5. The molecule has 2 saturated heterocycles. The minimum Gasteiger partial charge on any atom is -0.413 e. The third-order valence-electron chi connectivity index (χ3n) is 9.71. The first-order valence-electron chi connectivity index (χ1n) is 16.5. The molecule has 3 aromatic rings. The maximum Gasteiger partial charge on any atom is 0.240 e. The Hall–Kier alpha value is -2.67. The number of nitrogen functional groups attached to an aromatic ring is 1. The first-order chi connectivity index (χ1) is 22.2. The molecule has 1 atom stereocenters. The smallest absolute Gasteiger partial charge is 0.240 e. The van der Waals surface area contributed by atoms with E-state index in [0.717, 1.165) is 61.0 Å². The van der Waals surface area contributed by atoms with Crippen LogP contribution in [-0.4, -0.2) is 66.3 Å². The van der Waals surface area contributed by atoms with Gasteiger partial charge in [-0.15, -0.1) is 0 Å². The molecule has 0 spiro atoms.